The molecule has 1 aliphatic heterocycles. The number of nitrogens with one attached hydrogen (secondary N) is 1. The van der Waals surface area contributed by atoms with Crippen LogP contribution in [0.3, 0.4) is 0 Å². The van der Waals surface area contributed by atoms with Gasteiger partial charge in [-0.15, -0.1) is 0 Å². The molecule has 0 aromatic carbocycles. The van der Waals surface area contributed by atoms with Crippen LogP contribution in [0.1, 0.15) is 46.0 Å². The van der Waals surface area contributed by atoms with Crippen LogP contribution in [0.4, 0.5) is 0 Å². The van der Waals surface area contributed by atoms with E-state index >= 15 is 0 Å². The fraction of sp³-hybridized carbons (Fsp3) is 0.938. The van der Waals surface area contributed by atoms with Gasteiger partial charge in [0.15, 0.2) is 0 Å². The van der Waals surface area contributed by atoms with E-state index in [-0.39, 0.29) is 5.97 Å². The largest absolute Gasteiger partial charge is 0.465 e. The minimum absolute atomic E-state index is 0.104. The fourth-order valence-electron chi connectivity index (χ4n) is 3.05. The quantitative estimate of drug-likeness (QED) is 0.655. The molecule has 0 bridgehead atoms. The molecule has 2 unspecified atom stereocenters. The van der Waals surface area contributed by atoms with Crippen molar-refractivity contribution in [2.45, 2.75) is 63.6 Å². The number of nitrogens with zero attached hydrogens (tertiary/aromatic N) is 1. The molecule has 1 heterocycles. The first kappa shape index (κ1) is 16.7. The normalized spacial score (nSPS) is 25.8. The van der Waals surface area contributed by atoms with E-state index in [9.17, 15) is 4.79 Å². The first-order valence-electron chi connectivity index (χ1n) is 8.27. The van der Waals surface area contributed by atoms with Crippen LogP contribution in [-0.4, -0.2) is 61.9 Å². The third-order valence-corrected chi connectivity index (χ3v) is 4.54. The Labute approximate surface area is 128 Å². The molecule has 2 atom stereocenters. The van der Waals surface area contributed by atoms with Gasteiger partial charge in [-0.25, -0.2) is 0 Å². The van der Waals surface area contributed by atoms with Crippen molar-refractivity contribution >= 4 is 5.97 Å². The average Bonchev–Trinajstić information content (AvgIpc) is 3.14. The molecule has 122 valence electrons. The number of rotatable bonds is 9. The molecular weight excluding hydrogens is 268 g/mol. The average molecular weight is 298 g/mol. The van der Waals surface area contributed by atoms with Gasteiger partial charge in [-0.1, -0.05) is 0 Å². The van der Waals surface area contributed by atoms with Gasteiger partial charge in [-0.05, 0) is 52.5 Å². The first-order chi connectivity index (χ1) is 10.1. The van der Waals surface area contributed by atoms with Crippen LogP contribution in [-0.2, 0) is 14.3 Å². The highest BCUT2D eigenvalue weighted by molar-refractivity contribution is 5.80. The van der Waals surface area contributed by atoms with Gasteiger partial charge in [0.05, 0.1) is 12.7 Å². The number of hydrogen-bond donors (Lipinski definition) is 1. The van der Waals surface area contributed by atoms with Crippen molar-refractivity contribution in [1.82, 2.24) is 10.2 Å². The molecule has 1 saturated heterocycles. The van der Waals surface area contributed by atoms with Gasteiger partial charge in [0.25, 0.3) is 0 Å². The molecule has 21 heavy (non-hydrogen) atoms. The summed E-state index contributed by atoms with van der Waals surface area (Å²) in [5, 5.41) is 3.48. The van der Waals surface area contributed by atoms with Gasteiger partial charge < -0.3 is 14.4 Å². The van der Waals surface area contributed by atoms with Gasteiger partial charge in [-0.2, -0.15) is 0 Å². The lowest BCUT2D eigenvalue weighted by Gasteiger charge is -2.29. The maximum Gasteiger partial charge on any atom is 0.326 e. The smallest absolute Gasteiger partial charge is 0.326 e. The van der Waals surface area contributed by atoms with Crippen molar-refractivity contribution < 1.29 is 14.3 Å². The van der Waals surface area contributed by atoms with Crippen molar-refractivity contribution in [3.8, 4) is 0 Å². The zero-order chi connectivity index (χ0) is 15.3. The summed E-state index contributed by atoms with van der Waals surface area (Å²) < 4.78 is 10.6. The second-order valence-electron chi connectivity index (χ2n) is 6.52. The number of methoxy groups -OCH3 is 1. The van der Waals surface area contributed by atoms with Crippen molar-refractivity contribution in [1.29, 1.82) is 0 Å². The maximum atomic E-state index is 12.2. The number of carbonyl (C=O) groups is 1. The summed E-state index contributed by atoms with van der Waals surface area (Å²) in [4.78, 5) is 14.7. The van der Waals surface area contributed by atoms with E-state index in [1.54, 1.807) is 7.11 Å². The standard InChI is InChI=1S/C16H30N2O3/c1-4-21-15(19)16(2,17-13-6-7-13)9-5-10-18-11-8-14(12-18)20-3/h13-14,17H,4-12H2,1-3H3. The van der Waals surface area contributed by atoms with Crippen LogP contribution in [0.5, 0.6) is 0 Å². The maximum absolute atomic E-state index is 12.2. The number of likely N-dealkylation sites (tertiary alicyclic amines) is 1. The minimum atomic E-state index is -0.530. The van der Waals surface area contributed by atoms with Crippen LogP contribution >= 0.6 is 0 Å². The summed E-state index contributed by atoms with van der Waals surface area (Å²) in [7, 11) is 1.78. The zero-order valence-corrected chi connectivity index (χ0v) is 13.7. The Bertz CT molecular complexity index is 346. The van der Waals surface area contributed by atoms with Gasteiger partial charge in [-0.3, -0.25) is 10.1 Å². The van der Waals surface area contributed by atoms with Gasteiger partial charge >= 0.3 is 5.97 Å². The molecule has 5 heteroatoms. The summed E-state index contributed by atoms with van der Waals surface area (Å²) in [6, 6.07) is 0.504. The van der Waals surface area contributed by atoms with Gasteiger partial charge in [0.2, 0.25) is 0 Å². The molecule has 2 aliphatic rings. The monoisotopic (exact) mass is 298 g/mol. The molecule has 2 fully saturated rings. The zero-order valence-electron chi connectivity index (χ0n) is 13.7. The minimum Gasteiger partial charge on any atom is -0.465 e. The molecular formula is C16H30N2O3. The van der Waals surface area contributed by atoms with E-state index < -0.39 is 5.54 Å². The second-order valence-corrected chi connectivity index (χ2v) is 6.52. The molecule has 0 radical (unpaired) electrons. The number of hydrogen-bond acceptors (Lipinski definition) is 5. The van der Waals surface area contributed by atoms with Crippen molar-refractivity contribution in [3.05, 3.63) is 0 Å². The Hall–Kier alpha value is -0.650. The van der Waals surface area contributed by atoms with Crippen LogP contribution in [0.2, 0.25) is 0 Å². The first-order valence-corrected chi connectivity index (χ1v) is 8.27. The Morgan fingerprint density at radius 1 is 1.38 bits per heavy atom. The molecule has 0 aromatic rings. The highest BCUT2D eigenvalue weighted by atomic mass is 16.5. The van der Waals surface area contributed by atoms with Crippen molar-refractivity contribution in [2.24, 2.45) is 0 Å². The van der Waals surface area contributed by atoms with Crippen molar-refractivity contribution in [3.63, 3.8) is 0 Å². The molecule has 1 aliphatic carbocycles. The van der Waals surface area contributed by atoms with E-state index in [2.05, 4.69) is 10.2 Å². The van der Waals surface area contributed by atoms with Crippen LogP contribution in [0.15, 0.2) is 0 Å². The molecule has 5 nitrogen and oxygen atoms in total. The highest BCUT2D eigenvalue weighted by Crippen LogP contribution is 2.26. The van der Waals surface area contributed by atoms with E-state index in [1.165, 1.54) is 12.8 Å². The van der Waals surface area contributed by atoms with Crippen LogP contribution in [0.25, 0.3) is 0 Å². The number of ether oxygens (including phenoxy) is 2. The lowest BCUT2D eigenvalue weighted by atomic mass is 9.95. The molecule has 1 saturated carbocycles. The predicted molar refractivity (Wildman–Crippen MR) is 82.3 cm³/mol. The number of esters is 1. The fourth-order valence-corrected chi connectivity index (χ4v) is 3.05. The Balaban J connectivity index is 1.77. The lowest BCUT2D eigenvalue weighted by Crippen LogP contribution is -2.51. The topological polar surface area (TPSA) is 50.8 Å². The second kappa shape index (κ2) is 7.56. The van der Waals surface area contributed by atoms with Crippen LogP contribution in [0, 0.1) is 0 Å². The molecule has 1 N–H and O–H groups in total. The Morgan fingerprint density at radius 2 is 2.14 bits per heavy atom. The van der Waals surface area contributed by atoms with E-state index in [0.717, 1.165) is 38.9 Å². The molecule has 0 aromatic heterocycles. The summed E-state index contributed by atoms with van der Waals surface area (Å²) in [6.07, 6.45) is 5.69. The third-order valence-electron chi connectivity index (χ3n) is 4.54. The van der Waals surface area contributed by atoms with Crippen molar-refractivity contribution in [2.75, 3.05) is 33.4 Å². The van der Waals surface area contributed by atoms with Gasteiger partial charge in [0.1, 0.15) is 5.54 Å². The SMILES string of the molecule is CCOC(=O)C(C)(CCCN1CCC(OC)C1)NC1CC1. The molecule has 2 rings (SSSR count). The summed E-state index contributed by atoms with van der Waals surface area (Å²) in [6.45, 7) is 7.45. The van der Waals surface area contributed by atoms with E-state index in [1.807, 2.05) is 13.8 Å². The Kier molecular flexibility index (Phi) is 6.02. The van der Waals surface area contributed by atoms with Crippen LogP contribution < -0.4 is 5.32 Å². The van der Waals surface area contributed by atoms with Gasteiger partial charge in [0, 0.05) is 26.2 Å². The predicted octanol–water partition coefficient (Wildman–Crippen LogP) is 1.56. The highest BCUT2D eigenvalue weighted by Gasteiger charge is 2.39. The van der Waals surface area contributed by atoms with E-state index in [0.29, 0.717) is 18.8 Å². The third kappa shape index (κ3) is 4.94. The van der Waals surface area contributed by atoms with E-state index in [4.69, 9.17) is 9.47 Å². The number of carbonyl (C=O) groups excluding carboxylic acids is 1. The summed E-state index contributed by atoms with van der Waals surface area (Å²) in [5.74, 6) is -0.104. The Morgan fingerprint density at radius 3 is 2.71 bits per heavy atom. The molecule has 0 amide bonds. The summed E-state index contributed by atoms with van der Waals surface area (Å²) in [5.41, 5.74) is -0.530. The summed E-state index contributed by atoms with van der Waals surface area (Å²) >= 11 is 0. The lowest BCUT2D eigenvalue weighted by molar-refractivity contribution is -0.151. The molecule has 0 spiro atoms.